The van der Waals surface area contributed by atoms with Crippen molar-refractivity contribution in [3.63, 3.8) is 0 Å². The monoisotopic (exact) mass is 830 g/mol. The van der Waals surface area contributed by atoms with Crippen LogP contribution in [0.25, 0.3) is 0 Å². The van der Waals surface area contributed by atoms with Crippen molar-refractivity contribution in [2.24, 2.45) is 5.73 Å². The lowest BCUT2D eigenvalue weighted by Gasteiger charge is -2.19. The Balaban J connectivity index is 4.41. The van der Waals surface area contributed by atoms with Crippen LogP contribution >= 0.6 is 7.82 Å². The number of carbonyl (C=O) groups is 2. The van der Waals surface area contributed by atoms with Crippen LogP contribution in [0, 0.1) is 0 Å². The van der Waals surface area contributed by atoms with Gasteiger partial charge in [-0.2, -0.15) is 0 Å². The van der Waals surface area contributed by atoms with Crippen LogP contribution in [0.3, 0.4) is 0 Å². The molecule has 0 aromatic rings. The van der Waals surface area contributed by atoms with E-state index in [1.54, 1.807) is 6.08 Å². The van der Waals surface area contributed by atoms with Crippen molar-refractivity contribution in [1.29, 1.82) is 0 Å². The van der Waals surface area contributed by atoms with Gasteiger partial charge in [-0.05, 0) is 89.9 Å². The molecule has 0 aromatic heterocycles. The normalized spacial score (nSPS) is 14.9. The van der Waals surface area contributed by atoms with Gasteiger partial charge in [0, 0.05) is 19.4 Å². The predicted molar refractivity (Wildman–Crippen MR) is 239 cm³/mol. The maximum atomic E-state index is 12.6. The minimum absolute atomic E-state index is 0.0246. The van der Waals surface area contributed by atoms with Crippen LogP contribution in [-0.2, 0) is 32.7 Å². The summed E-state index contributed by atoms with van der Waals surface area (Å²) in [6.07, 6.45) is 51.5. The van der Waals surface area contributed by atoms with E-state index in [9.17, 15) is 24.2 Å². The minimum Gasteiger partial charge on any atom is -0.462 e. The van der Waals surface area contributed by atoms with Gasteiger partial charge in [0.05, 0.1) is 19.3 Å². The molecule has 1 unspecified atom stereocenters. The third kappa shape index (κ3) is 40.8. The lowest BCUT2D eigenvalue weighted by atomic mass is 10.1. The van der Waals surface area contributed by atoms with E-state index >= 15 is 0 Å². The van der Waals surface area contributed by atoms with Crippen LogP contribution in [0.1, 0.15) is 136 Å². The number of allylic oxidation sites excluding steroid dienone is 16. The number of hydrogen-bond donors (Lipinski definition) is 3. The van der Waals surface area contributed by atoms with E-state index in [-0.39, 0.29) is 32.6 Å². The van der Waals surface area contributed by atoms with E-state index in [4.69, 9.17) is 24.3 Å². The molecular formula is C47H76NO9P. The zero-order valence-corrected chi connectivity index (χ0v) is 36.5. The molecule has 0 spiro atoms. The van der Waals surface area contributed by atoms with Crippen LogP contribution in [0.15, 0.2) is 109 Å². The summed E-state index contributed by atoms with van der Waals surface area (Å²) < 4.78 is 32.6. The standard InChI is InChI=1S/C47H76NO9P/c1-3-5-7-9-11-12-13-14-15-16-17-18-19-20-21-22-27-31-35-39-47(51)57-45(43-56-58(52,53)55-41-40-48)42-54-46(50)38-34-30-26-24-23-25-29-33-37-44(49)36-32-28-10-8-6-4-2/h5,7,11-12,14-15,17-18,20-21,24-26,28-29,32-33,37,44-45,49H,3-4,6,8-10,13,16,19,22-23,27,30-31,34-36,38-43,48H2,1-2H3,(H,52,53)/b7-5-,12-11-,15-14-,18-17-,21-20-,26-24-,29-25-,32-28-,37-33+/t44-,45-/m1/s1. The van der Waals surface area contributed by atoms with Gasteiger partial charge < -0.3 is 25.2 Å². The van der Waals surface area contributed by atoms with Gasteiger partial charge in [-0.25, -0.2) is 4.57 Å². The fourth-order valence-corrected chi connectivity index (χ4v) is 5.79. The average molecular weight is 830 g/mol. The molecular weight excluding hydrogens is 753 g/mol. The summed E-state index contributed by atoms with van der Waals surface area (Å²) in [5, 5.41) is 10.0. The Hall–Kier alpha value is -3.37. The smallest absolute Gasteiger partial charge is 0.462 e. The molecule has 0 radical (unpaired) electrons. The molecule has 0 aliphatic carbocycles. The first-order valence-corrected chi connectivity index (χ1v) is 23.0. The van der Waals surface area contributed by atoms with Gasteiger partial charge >= 0.3 is 19.8 Å². The van der Waals surface area contributed by atoms with Crippen LogP contribution < -0.4 is 5.73 Å². The maximum absolute atomic E-state index is 12.6. The number of rotatable bonds is 38. The van der Waals surface area contributed by atoms with E-state index in [0.717, 1.165) is 64.2 Å². The predicted octanol–water partition coefficient (Wildman–Crippen LogP) is 11.4. The van der Waals surface area contributed by atoms with Crippen molar-refractivity contribution >= 4 is 19.8 Å². The number of aliphatic hydroxyl groups is 1. The summed E-state index contributed by atoms with van der Waals surface area (Å²) in [7, 11) is -4.42. The number of carbonyl (C=O) groups excluding carboxylic acids is 2. The Bertz CT molecular complexity index is 1330. The number of esters is 2. The number of ether oxygens (including phenoxy) is 2. The van der Waals surface area contributed by atoms with Gasteiger partial charge in [-0.15, -0.1) is 0 Å². The molecule has 4 N–H and O–H groups in total. The molecule has 0 heterocycles. The van der Waals surface area contributed by atoms with Gasteiger partial charge in [0.2, 0.25) is 0 Å². The molecule has 0 aromatic carbocycles. The van der Waals surface area contributed by atoms with Crippen molar-refractivity contribution in [3.8, 4) is 0 Å². The first kappa shape index (κ1) is 54.6. The molecule has 0 saturated carbocycles. The topological polar surface area (TPSA) is 155 Å². The Morgan fingerprint density at radius 1 is 0.621 bits per heavy atom. The number of unbranched alkanes of at least 4 members (excludes halogenated alkanes) is 7. The SMILES string of the molecule is CC/C=C\C/C=C\C/C=C\C/C=C\C/C=C\CCCCCC(=O)O[C@H](COC(=O)CCC/C=C\C/C=C\C=C\[C@H](O)C/C=C\CCCCC)COP(=O)(O)OCCN. The van der Waals surface area contributed by atoms with Gasteiger partial charge in [-0.3, -0.25) is 18.6 Å². The average Bonchev–Trinajstić information content (AvgIpc) is 3.21. The molecule has 58 heavy (non-hydrogen) atoms. The first-order chi connectivity index (χ1) is 28.2. The third-order valence-corrected chi connectivity index (χ3v) is 9.21. The van der Waals surface area contributed by atoms with Gasteiger partial charge in [0.1, 0.15) is 6.61 Å². The summed E-state index contributed by atoms with van der Waals surface area (Å²) >= 11 is 0. The van der Waals surface area contributed by atoms with E-state index in [1.165, 1.54) is 19.3 Å². The van der Waals surface area contributed by atoms with Crippen LogP contribution in [0.2, 0.25) is 0 Å². The largest absolute Gasteiger partial charge is 0.472 e. The molecule has 0 aliphatic rings. The molecule has 0 amide bonds. The van der Waals surface area contributed by atoms with E-state index < -0.39 is 38.6 Å². The quantitative estimate of drug-likeness (QED) is 0.0180. The number of hydrogen-bond acceptors (Lipinski definition) is 9. The lowest BCUT2D eigenvalue weighted by molar-refractivity contribution is -0.161. The second kappa shape index (κ2) is 41.8. The summed E-state index contributed by atoms with van der Waals surface area (Å²) in [5.74, 6) is -0.984. The molecule has 0 bridgehead atoms. The second-order valence-electron chi connectivity index (χ2n) is 13.7. The van der Waals surface area contributed by atoms with Gasteiger partial charge in [0.15, 0.2) is 6.10 Å². The van der Waals surface area contributed by atoms with E-state index in [1.807, 2.05) is 36.5 Å². The first-order valence-electron chi connectivity index (χ1n) is 21.5. The molecule has 0 fully saturated rings. The zero-order valence-electron chi connectivity index (χ0n) is 35.6. The highest BCUT2D eigenvalue weighted by Crippen LogP contribution is 2.43. The minimum atomic E-state index is -4.42. The van der Waals surface area contributed by atoms with Crippen molar-refractivity contribution < 1.29 is 42.7 Å². The van der Waals surface area contributed by atoms with E-state index in [2.05, 4.69) is 80.7 Å². The number of aliphatic hydroxyl groups excluding tert-OH is 1. The molecule has 11 heteroatoms. The Kier molecular flexibility index (Phi) is 39.4. The number of phosphoric ester groups is 1. The Morgan fingerprint density at radius 2 is 1.17 bits per heavy atom. The highest BCUT2D eigenvalue weighted by molar-refractivity contribution is 7.47. The summed E-state index contributed by atoms with van der Waals surface area (Å²) in [6, 6.07) is 0. The zero-order chi connectivity index (χ0) is 42.6. The second-order valence-corrected chi connectivity index (χ2v) is 15.1. The molecule has 0 aliphatic heterocycles. The lowest BCUT2D eigenvalue weighted by Crippen LogP contribution is -2.29. The van der Waals surface area contributed by atoms with Crippen molar-refractivity contribution in [3.05, 3.63) is 109 Å². The van der Waals surface area contributed by atoms with Crippen molar-refractivity contribution in [2.75, 3.05) is 26.4 Å². The fraction of sp³-hybridized carbons (Fsp3) is 0.574. The molecule has 10 nitrogen and oxygen atoms in total. The van der Waals surface area contributed by atoms with Crippen LogP contribution in [0.5, 0.6) is 0 Å². The maximum Gasteiger partial charge on any atom is 0.472 e. The Labute approximate surface area is 351 Å². The van der Waals surface area contributed by atoms with E-state index in [0.29, 0.717) is 25.7 Å². The number of phosphoric acid groups is 1. The summed E-state index contributed by atoms with van der Waals surface area (Å²) in [5.41, 5.74) is 5.34. The Morgan fingerprint density at radius 3 is 1.79 bits per heavy atom. The van der Waals surface area contributed by atoms with Crippen LogP contribution in [-0.4, -0.2) is 60.5 Å². The molecule has 328 valence electrons. The molecule has 0 rings (SSSR count). The van der Waals surface area contributed by atoms with Crippen molar-refractivity contribution in [1.82, 2.24) is 0 Å². The highest BCUT2D eigenvalue weighted by Gasteiger charge is 2.25. The highest BCUT2D eigenvalue weighted by atomic mass is 31.2. The van der Waals surface area contributed by atoms with Crippen LogP contribution in [0.4, 0.5) is 0 Å². The molecule has 0 saturated heterocycles. The van der Waals surface area contributed by atoms with Gasteiger partial charge in [-0.1, -0.05) is 142 Å². The molecule has 3 atom stereocenters. The van der Waals surface area contributed by atoms with Crippen molar-refractivity contribution in [2.45, 2.75) is 148 Å². The summed E-state index contributed by atoms with van der Waals surface area (Å²) in [6.45, 7) is 3.36. The summed E-state index contributed by atoms with van der Waals surface area (Å²) in [4.78, 5) is 34.8. The number of nitrogens with two attached hydrogens (primary N) is 1. The fourth-order valence-electron chi connectivity index (χ4n) is 5.03. The third-order valence-electron chi connectivity index (χ3n) is 8.22. The van der Waals surface area contributed by atoms with Gasteiger partial charge in [0.25, 0.3) is 0 Å².